The second-order valence-corrected chi connectivity index (χ2v) is 6.76. The molecule has 0 saturated carbocycles. The molecule has 1 heterocycles. The molecule has 0 aliphatic rings. The monoisotopic (exact) mass is 465 g/mol. The van der Waals surface area contributed by atoms with Crippen molar-refractivity contribution in [2.75, 3.05) is 12.4 Å². The van der Waals surface area contributed by atoms with Gasteiger partial charge in [-0.05, 0) is 36.4 Å². The maximum atomic E-state index is 12.8. The van der Waals surface area contributed by atoms with E-state index in [4.69, 9.17) is 26.8 Å². The zero-order chi connectivity index (χ0) is 23.5. The Bertz CT molecular complexity index is 1170. The van der Waals surface area contributed by atoms with E-state index in [-0.39, 0.29) is 22.6 Å². The van der Waals surface area contributed by atoms with E-state index in [1.54, 1.807) is 0 Å². The highest BCUT2D eigenvalue weighted by molar-refractivity contribution is 6.31. The predicted molar refractivity (Wildman–Crippen MR) is 110 cm³/mol. The first kappa shape index (κ1) is 22.9. The Kier molecular flexibility index (Phi) is 6.54. The number of aromatic nitrogens is 1. The van der Waals surface area contributed by atoms with Crippen LogP contribution >= 0.6 is 11.6 Å². The number of nitrogens with two attached hydrogens (primary N) is 1. The van der Waals surface area contributed by atoms with E-state index < -0.39 is 28.6 Å². The van der Waals surface area contributed by atoms with Gasteiger partial charge in [0.2, 0.25) is 0 Å². The zero-order valence-electron chi connectivity index (χ0n) is 16.4. The molecule has 0 bridgehead atoms. The number of primary amides is 1. The van der Waals surface area contributed by atoms with Gasteiger partial charge in [0.25, 0.3) is 11.8 Å². The van der Waals surface area contributed by atoms with E-state index in [1.165, 1.54) is 43.8 Å². The highest BCUT2D eigenvalue weighted by Gasteiger charge is 2.33. The Hall–Kier alpha value is -3.79. The fourth-order valence-corrected chi connectivity index (χ4v) is 3.01. The van der Waals surface area contributed by atoms with Gasteiger partial charge in [0.05, 0.1) is 17.7 Å². The Morgan fingerprint density at radius 1 is 1.03 bits per heavy atom. The molecule has 0 aliphatic heterocycles. The maximum Gasteiger partial charge on any atom is 0.417 e. The number of pyridine rings is 1. The third-order valence-electron chi connectivity index (χ3n) is 4.20. The van der Waals surface area contributed by atoms with Crippen LogP contribution < -0.4 is 20.5 Å². The van der Waals surface area contributed by atoms with Crippen LogP contribution in [0.3, 0.4) is 0 Å². The molecular weight excluding hydrogens is 451 g/mol. The molecule has 3 aromatic rings. The Balaban J connectivity index is 1.73. The minimum atomic E-state index is -4.56. The van der Waals surface area contributed by atoms with Crippen LogP contribution in [0.2, 0.25) is 5.02 Å². The number of benzene rings is 2. The molecule has 0 atom stereocenters. The third kappa shape index (κ3) is 5.09. The molecule has 0 saturated heterocycles. The SMILES string of the molecule is COc1c(C(N)=O)cncc1C(=O)Nc1ccc(Oc2ccc(C(F)(F)F)c(Cl)c2)cc1. The van der Waals surface area contributed by atoms with Crippen molar-refractivity contribution in [3.05, 3.63) is 76.6 Å². The summed E-state index contributed by atoms with van der Waals surface area (Å²) in [5.41, 5.74) is 4.63. The summed E-state index contributed by atoms with van der Waals surface area (Å²) in [6.07, 6.45) is -2.14. The van der Waals surface area contributed by atoms with E-state index >= 15 is 0 Å². The molecule has 11 heteroatoms. The van der Waals surface area contributed by atoms with Crippen molar-refractivity contribution in [3.8, 4) is 17.2 Å². The highest BCUT2D eigenvalue weighted by Crippen LogP contribution is 2.37. The van der Waals surface area contributed by atoms with Crippen LogP contribution in [0.5, 0.6) is 17.2 Å². The molecule has 1 aromatic heterocycles. The molecule has 2 aromatic carbocycles. The van der Waals surface area contributed by atoms with Gasteiger partial charge in [0, 0.05) is 24.1 Å². The lowest BCUT2D eigenvalue weighted by Crippen LogP contribution is -2.18. The minimum Gasteiger partial charge on any atom is -0.495 e. The van der Waals surface area contributed by atoms with Crippen LogP contribution in [0.15, 0.2) is 54.9 Å². The number of hydrogen-bond donors (Lipinski definition) is 2. The number of anilines is 1. The van der Waals surface area contributed by atoms with Crippen LogP contribution in [-0.4, -0.2) is 23.9 Å². The normalized spacial score (nSPS) is 11.0. The lowest BCUT2D eigenvalue weighted by molar-refractivity contribution is -0.137. The first-order valence-electron chi connectivity index (χ1n) is 8.88. The number of alkyl halides is 3. The van der Waals surface area contributed by atoms with Gasteiger partial charge < -0.3 is 20.5 Å². The van der Waals surface area contributed by atoms with Gasteiger partial charge >= 0.3 is 6.18 Å². The Morgan fingerprint density at radius 3 is 2.22 bits per heavy atom. The van der Waals surface area contributed by atoms with E-state index in [1.807, 2.05) is 0 Å². The summed E-state index contributed by atoms with van der Waals surface area (Å²) in [7, 11) is 1.29. The van der Waals surface area contributed by atoms with E-state index in [2.05, 4.69) is 10.3 Å². The number of nitrogens with zero attached hydrogens (tertiary/aromatic N) is 1. The molecule has 0 unspecified atom stereocenters. The molecule has 32 heavy (non-hydrogen) atoms. The van der Waals surface area contributed by atoms with Crippen molar-refractivity contribution in [1.29, 1.82) is 0 Å². The van der Waals surface area contributed by atoms with E-state index in [9.17, 15) is 22.8 Å². The average Bonchev–Trinajstić information content (AvgIpc) is 2.73. The number of hydrogen-bond acceptors (Lipinski definition) is 5. The number of methoxy groups -OCH3 is 1. The highest BCUT2D eigenvalue weighted by atomic mass is 35.5. The summed E-state index contributed by atoms with van der Waals surface area (Å²) in [5, 5.41) is 2.12. The molecule has 3 rings (SSSR count). The number of amides is 2. The van der Waals surface area contributed by atoms with Gasteiger partial charge in [0.15, 0.2) is 0 Å². The lowest BCUT2D eigenvalue weighted by Gasteiger charge is -2.12. The first-order chi connectivity index (χ1) is 15.1. The minimum absolute atomic E-state index is 0.00326. The fourth-order valence-electron chi connectivity index (χ4n) is 2.74. The summed E-state index contributed by atoms with van der Waals surface area (Å²) in [6.45, 7) is 0. The molecule has 3 N–H and O–H groups in total. The third-order valence-corrected chi connectivity index (χ3v) is 4.52. The molecule has 2 amide bonds. The van der Waals surface area contributed by atoms with Crippen LogP contribution in [0, 0.1) is 0 Å². The summed E-state index contributed by atoms with van der Waals surface area (Å²) < 4.78 is 49.0. The molecule has 0 radical (unpaired) electrons. The fraction of sp³-hybridized carbons (Fsp3) is 0.0952. The number of ether oxygens (including phenoxy) is 2. The van der Waals surface area contributed by atoms with Gasteiger partial charge in [0.1, 0.15) is 28.4 Å². The van der Waals surface area contributed by atoms with Crippen molar-refractivity contribution in [3.63, 3.8) is 0 Å². The van der Waals surface area contributed by atoms with Gasteiger partial charge in [-0.25, -0.2) is 0 Å². The van der Waals surface area contributed by atoms with Gasteiger partial charge in [-0.3, -0.25) is 14.6 Å². The van der Waals surface area contributed by atoms with Crippen molar-refractivity contribution in [2.24, 2.45) is 5.73 Å². The van der Waals surface area contributed by atoms with Crippen molar-refractivity contribution >= 4 is 29.1 Å². The Labute approximate surface area is 184 Å². The van der Waals surface area contributed by atoms with Crippen LogP contribution in [0.1, 0.15) is 26.3 Å². The van der Waals surface area contributed by atoms with Gasteiger partial charge in [-0.1, -0.05) is 11.6 Å². The summed E-state index contributed by atoms with van der Waals surface area (Å²) in [6, 6.07) is 9.05. The van der Waals surface area contributed by atoms with Crippen LogP contribution in [0.25, 0.3) is 0 Å². The number of carbonyl (C=O) groups is 2. The van der Waals surface area contributed by atoms with E-state index in [0.29, 0.717) is 11.4 Å². The lowest BCUT2D eigenvalue weighted by atomic mass is 10.1. The topological polar surface area (TPSA) is 104 Å². The first-order valence-corrected chi connectivity index (χ1v) is 9.25. The number of rotatable bonds is 6. The number of halogens is 4. The van der Waals surface area contributed by atoms with Crippen LogP contribution in [-0.2, 0) is 6.18 Å². The molecular formula is C21H15ClF3N3O4. The maximum absolute atomic E-state index is 12.8. The summed E-state index contributed by atoms with van der Waals surface area (Å²) in [4.78, 5) is 27.9. The summed E-state index contributed by atoms with van der Waals surface area (Å²) in [5.74, 6) is -0.994. The zero-order valence-corrected chi connectivity index (χ0v) is 17.1. The standard InChI is InChI=1S/C21H15ClF3N3O4/c1-31-18-14(19(26)29)9-27-10-15(18)20(30)28-11-2-4-12(5-3-11)32-13-6-7-16(17(22)8-13)21(23,24)25/h2-10H,1H3,(H2,26,29)(H,28,30). The molecule has 0 spiro atoms. The van der Waals surface area contributed by atoms with Gasteiger partial charge in [-0.2, -0.15) is 13.2 Å². The quantitative estimate of drug-likeness (QED) is 0.538. The van der Waals surface area contributed by atoms with Crippen molar-refractivity contribution < 1.29 is 32.2 Å². The predicted octanol–water partition coefficient (Wildman–Crippen LogP) is 4.91. The van der Waals surface area contributed by atoms with Gasteiger partial charge in [-0.15, -0.1) is 0 Å². The number of nitrogens with one attached hydrogen (secondary N) is 1. The second-order valence-electron chi connectivity index (χ2n) is 6.35. The molecule has 166 valence electrons. The molecule has 0 aliphatic carbocycles. The molecule has 0 fully saturated rings. The Morgan fingerprint density at radius 2 is 1.66 bits per heavy atom. The largest absolute Gasteiger partial charge is 0.495 e. The average molecular weight is 466 g/mol. The number of carbonyl (C=O) groups excluding carboxylic acids is 2. The second kappa shape index (κ2) is 9.15. The van der Waals surface area contributed by atoms with Crippen molar-refractivity contribution in [2.45, 2.75) is 6.18 Å². The van der Waals surface area contributed by atoms with E-state index in [0.717, 1.165) is 18.2 Å². The smallest absolute Gasteiger partial charge is 0.417 e. The van der Waals surface area contributed by atoms with Crippen LogP contribution in [0.4, 0.5) is 18.9 Å². The molecule has 7 nitrogen and oxygen atoms in total. The van der Waals surface area contributed by atoms with Crippen molar-refractivity contribution in [1.82, 2.24) is 4.98 Å². The summed E-state index contributed by atoms with van der Waals surface area (Å²) >= 11 is 5.68.